The van der Waals surface area contributed by atoms with Crippen LogP contribution in [0, 0.1) is 31.6 Å². The summed E-state index contributed by atoms with van der Waals surface area (Å²) in [4.78, 5) is 28.8. The smallest absolute Gasteiger partial charge is 0.269 e. The second-order valence-corrected chi connectivity index (χ2v) is 7.48. The van der Waals surface area contributed by atoms with Gasteiger partial charge in [0.05, 0.1) is 0 Å². The van der Waals surface area contributed by atoms with Gasteiger partial charge in [0.15, 0.2) is 0 Å². The predicted octanol–water partition coefficient (Wildman–Crippen LogP) is 3.95. The maximum atomic E-state index is 12.7. The molecule has 4 nitrogen and oxygen atoms in total. The van der Waals surface area contributed by atoms with Gasteiger partial charge in [-0.2, -0.15) is 0 Å². The van der Waals surface area contributed by atoms with E-state index in [1.807, 2.05) is 6.92 Å². The topological polar surface area (TPSA) is 59.1 Å². The van der Waals surface area contributed by atoms with Crippen LogP contribution < -0.4 is 5.32 Å². The highest BCUT2D eigenvalue weighted by atomic mass is 16.2. The van der Waals surface area contributed by atoms with E-state index in [0.29, 0.717) is 30.4 Å². The number of hydrogen-bond acceptors (Lipinski definition) is 3. The van der Waals surface area contributed by atoms with Crippen LogP contribution >= 0.6 is 0 Å². The monoisotopic (exact) mass is 374 g/mol. The van der Waals surface area contributed by atoms with Crippen molar-refractivity contribution in [1.82, 2.24) is 10.3 Å². The Labute approximate surface area is 166 Å². The van der Waals surface area contributed by atoms with E-state index < -0.39 is 0 Å². The predicted molar refractivity (Wildman–Crippen MR) is 110 cm³/mol. The number of benzene rings is 1. The van der Waals surface area contributed by atoms with Crippen LogP contribution in [0.5, 0.6) is 0 Å². The summed E-state index contributed by atoms with van der Waals surface area (Å²) < 4.78 is 0. The molecule has 0 radical (unpaired) electrons. The van der Waals surface area contributed by atoms with Gasteiger partial charge in [-0.05, 0) is 80.5 Å². The van der Waals surface area contributed by atoms with Crippen LogP contribution in [0.3, 0.4) is 0 Å². The molecule has 2 unspecified atom stereocenters. The first-order chi connectivity index (χ1) is 13.5. The highest BCUT2D eigenvalue weighted by molar-refractivity contribution is 5.92. The molecule has 1 aromatic carbocycles. The van der Waals surface area contributed by atoms with E-state index in [1.54, 1.807) is 24.4 Å². The molecule has 2 aromatic rings. The van der Waals surface area contributed by atoms with Gasteiger partial charge in [-0.15, -0.1) is 5.92 Å². The number of pyridine rings is 1. The minimum Gasteiger partial charge on any atom is -0.351 e. The second kappa shape index (κ2) is 8.84. The fourth-order valence-corrected chi connectivity index (χ4v) is 4.19. The molecule has 1 aliphatic carbocycles. The van der Waals surface area contributed by atoms with Crippen LogP contribution in [0.15, 0.2) is 36.5 Å². The average molecular weight is 374 g/mol. The zero-order valence-corrected chi connectivity index (χ0v) is 16.7. The van der Waals surface area contributed by atoms with Crippen LogP contribution in [0.1, 0.15) is 64.8 Å². The van der Waals surface area contributed by atoms with Crippen LogP contribution in [0.2, 0.25) is 0 Å². The number of carbonyl (C=O) groups is 2. The lowest BCUT2D eigenvalue weighted by atomic mass is 9.87. The van der Waals surface area contributed by atoms with Crippen LogP contribution in [-0.4, -0.2) is 23.2 Å². The van der Waals surface area contributed by atoms with Gasteiger partial charge in [0.2, 0.25) is 0 Å². The van der Waals surface area contributed by atoms with Gasteiger partial charge in [-0.1, -0.05) is 12.0 Å². The number of Topliss-reactive ketones (excluding diaryl/α,β-unsaturated/α-hetero) is 1. The zero-order chi connectivity index (χ0) is 20.1. The number of rotatable bonds is 5. The van der Waals surface area contributed by atoms with E-state index in [1.165, 1.54) is 0 Å². The first-order valence-corrected chi connectivity index (χ1v) is 9.75. The average Bonchev–Trinajstić information content (AvgIpc) is 3.02. The number of nitrogens with zero attached hydrogens (tertiary/aromatic N) is 1. The van der Waals surface area contributed by atoms with E-state index >= 15 is 0 Å². The van der Waals surface area contributed by atoms with Crippen molar-refractivity contribution in [3.8, 4) is 11.8 Å². The Hall–Kier alpha value is -2.93. The molecular formula is C24H26N2O2. The largest absolute Gasteiger partial charge is 0.351 e. The fraction of sp³-hybridized carbons (Fsp3) is 0.375. The molecule has 1 fully saturated rings. The molecule has 4 heteroatoms. The molecule has 2 atom stereocenters. The van der Waals surface area contributed by atoms with Crippen molar-refractivity contribution >= 4 is 11.7 Å². The standard InChI is InChI=1S/C24H26N2O2/c1-4-7-18-12-16(2)23(17(3)13-18)20-14-19(15-22(20)27)9-11-26-24(28)21-8-5-6-10-25-21/h5-6,8,10,12-13,19-20H,9,11,14-15H2,1-3H3,(H,26,28). The van der Waals surface area contributed by atoms with Crippen molar-refractivity contribution in [2.45, 2.75) is 46.0 Å². The van der Waals surface area contributed by atoms with Crippen molar-refractivity contribution in [3.05, 3.63) is 64.5 Å². The normalized spacial score (nSPS) is 18.5. The summed E-state index contributed by atoms with van der Waals surface area (Å²) in [5.41, 5.74) is 4.86. The molecule has 28 heavy (non-hydrogen) atoms. The van der Waals surface area contributed by atoms with Crippen molar-refractivity contribution in [3.63, 3.8) is 0 Å². The molecule has 1 amide bonds. The van der Waals surface area contributed by atoms with Crippen molar-refractivity contribution in [2.24, 2.45) is 5.92 Å². The Morgan fingerprint density at radius 3 is 2.64 bits per heavy atom. The number of aromatic nitrogens is 1. The fourth-order valence-electron chi connectivity index (χ4n) is 4.19. The first kappa shape index (κ1) is 19.8. The van der Waals surface area contributed by atoms with Crippen LogP contribution in [0.25, 0.3) is 0 Å². The van der Waals surface area contributed by atoms with Crippen LogP contribution in [-0.2, 0) is 4.79 Å². The Morgan fingerprint density at radius 2 is 2.00 bits per heavy atom. The third kappa shape index (κ3) is 4.48. The lowest BCUT2D eigenvalue weighted by Crippen LogP contribution is -2.26. The summed E-state index contributed by atoms with van der Waals surface area (Å²) in [7, 11) is 0. The van der Waals surface area contributed by atoms with Gasteiger partial charge >= 0.3 is 0 Å². The number of nitrogens with one attached hydrogen (secondary N) is 1. The quantitative estimate of drug-likeness (QED) is 0.806. The van der Waals surface area contributed by atoms with E-state index in [2.05, 4.69) is 48.1 Å². The number of carbonyl (C=O) groups excluding carboxylic acids is 2. The highest BCUT2D eigenvalue weighted by Gasteiger charge is 2.34. The molecule has 1 aliphatic rings. The third-order valence-electron chi connectivity index (χ3n) is 5.39. The summed E-state index contributed by atoms with van der Waals surface area (Å²) in [6, 6.07) is 9.43. The number of amides is 1. The summed E-state index contributed by atoms with van der Waals surface area (Å²) in [6.07, 6.45) is 3.84. The molecule has 0 saturated heterocycles. The van der Waals surface area contributed by atoms with Crippen molar-refractivity contribution in [1.29, 1.82) is 0 Å². The lowest BCUT2D eigenvalue weighted by molar-refractivity contribution is -0.118. The van der Waals surface area contributed by atoms with E-state index in [9.17, 15) is 9.59 Å². The maximum Gasteiger partial charge on any atom is 0.269 e. The van der Waals surface area contributed by atoms with Gasteiger partial charge < -0.3 is 5.32 Å². The van der Waals surface area contributed by atoms with E-state index in [4.69, 9.17) is 0 Å². The Bertz CT molecular complexity index is 915. The minimum atomic E-state index is -0.166. The van der Waals surface area contributed by atoms with Gasteiger partial charge in [-0.3, -0.25) is 14.6 Å². The van der Waals surface area contributed by atoms with Gasteiger partial charge in [-0.25, -0.2) is 0 Å². The molecule has 1 saturated carbocycles. The number of aryl methyl sites for hydroxylation is 2. The third-order valence-corrected chi connectivity index (χ3v) is 5.39. The van der Waals surface area contributed by atoms with Crippen LogP contribution in [0.4, 0.5) is 0 Å². The SMILES string of the molecule is CC#Cc1cc(C)c(C2CC(CCNC(=O)c3ccccn3)CC2=O)c(C)c1. The summed E-state index contributed by atoms with van der Waals surface area (Å²) in [6.45, 7) is 6.52. The maximum absolute atomic E-state index is 12.7. The summed E-state index contributed by atoms with van der Waals surface area (Å²) in [5, 5.41) is 2.91. The zero-order valence-electron chi connectivity index (χ0n) is 16.7. The molecule has 3 rings (SSSR count). The lowest BCUT2D eigenvalue weighted by Gasteiger charge is -2.17. The van der Waals surface area contributed by atoms with E-state index in [-0.39, 0.29) is 11.8 Å². The summed E-state index contributed by atoms with van der Waals surface area (Å²) >= 11 is 0. The summed E-state index contributed by atoms with van der Waals surface area (Å²) in [5.74, 6) is 6.43. The molecule has 1 aromatic heterocycles. The second-order valence-electron chi connectivity index (χ2n) is 7.48. The number of hydrogen-bond donors (Lipinski definition) is 1. The molecule has 1 N–H and O–H groups in total. The van der Waals surface area contributed by atoms with Gasteiger partial charge in [0.1, 0.15) is 11.5 Å². The van der Waals surface area contributed by atoms with Crippen molar-refractivity contribution in [2.75, 3.05) is 6.54 Å². The first-order valence-electron chi connectivity index (χ1n) is 9.75. The Morgan fingerprint density at radius 1 is 1.25 bits per heavy atom. The highest BCUT2D eigenvalue weighted by Crippen LogP contribution is 2.39. The van der Waals surface area contributed by atoms with Gasteiger partial charge in [0, 0.05) is 30.6 Å². The molecule has 0 bridgehead atoms. The Kier molecular flexibility index (Phi) is 6.26. The molecular weight excluding hydrogens is 348 g/mol. The number of ketones is 1. The molecule has 144 valence electrons. The van der Waals surface area contributed by atoms with Gasteiger partial charge in [0.25, 0.3) is 5.91 Å². The van der Waals surface area contributed by atoms with Crippen molar-refractivity contribution < 1.29 is 9.59 Å². The molecule has 0 aliphatic heterocycles. The Balaban J connectivity index is 1.61. The molecule has 1 heterocycles. The minimum absolute atomic E-state index is 0.0415. The van der Waals surface area contributed by atoms with E-state index in [0.717, 1.165) is 35.1 Å². The molecule has 0 spiro atoms.